The number of carboxylic acids is 1. The van der Waals surface area contributed by atoms with Gasteiger partial charge in [0, 0.05) is 11.8 Å². The van der Waals surface area contributed by atoms with Crippen LogP contribution in [0.4, 0.5) is 22.7 Å². The van der Waals surface area contributed by atoms with E-state index in [4.69, 9.17) is 0 Å². The number of hydrogen-bond donors (Lipinski definition) is 4. The molecule has 130 valence electrons. The van der Waals surface area contributed by atoms with E-state index in [2.05, 4.69) is 15.5 Å². The van der Waals surface area contributed by atoms with Crippen LogP contribution in [0.1, 0.15) is 10.4 Å². The number of phenols is 2. The zero-order chi connectivity index (χ0) is 18.5. The van der Waals surface area contributed by atoms with E-state index in [1.54, 1.807) is 54.6 Å². The topological polar surface area (TPSA) is 115 Å². The minimum Gasteiger partial charge on any atom is -0.506 e. The number of benzene rings is 3. The van der Waals surface area contributed by atoms with E-state index in [9.17, 15) is 20.1 Å². The summed E-state index contributed by atoms with van der Waals surface area (Å²) < 4.78 is 0. The number of hydrogen-bond acceptors (Lipinski definition) is 6. The van der Waals surface area contributed by atoms with Crippen LogP contribution in [0.2, 0.25) is 0 Å². The molecule has 4 N–H and O–H groups in total. The van der Waals surface area contributed by atoms with Crippen molar-refractivity contribution in [3.05, 3.63) is 72.3 Å². The molecule has 0 amide bonds. The second-order valence-corrected chi connectivity index (χ2v) is 5.35. The maximum atomic E-state index is 11.6. The fourth-order valence-electron chi connectivity index (χ4n) is 2.33. The summed E-state index contributed by atoms with van der Waals surface area (Å²) in [5, 5.41) is 40.6. The van der Waals surface area contributed by atoms with E-state index in [-0.39, 0.29) is 11.4 Å². The third-order valence-corrected chi connectivity index (χ3v) is 3.54. The Hall–Kier alpha value is -3.87. The standard InChI is InChI=1S/C19H15N3O4/c23-15-11-14(20-12-7-3-1-4-8-12)18(24)16(19(25)26)17(15)22-21-13-9-5-2-6-10-13/h1-11,20,23-24H,(H,25,26). The number of carboxylic acid groups (broad SMARTS) is 1. The fraction of sp³-hybridized carbons (Fsp3) is 0. The molecule has 0 spiro atoms. The summed E-state index contributed by atoms with van der Waals surface area (Å²) in [6.45, 7) is 0. The Bertz CT molecular complexity index is 958. The predicted octanol–water partition coefficient (Wildman–Crippen LogP) is 4.96. The molecule has 0 saturated carbocycles. The number of azo groups is 1. The number of anilines is 2. The minimum atomic E-state index is -1.43. The zero-order valence-corrected chi connectivity index (χ0v) is 13.5. The first-order valence-corrected chi connectivity index (χ1v) is 7.67. The highest BCUT2D eigenvalue weighted by Crippen LogP contribution is 2.43. The van der Waals surface area contributed by atoms with Crippen LogP contribution in [-0.2, 0) is 0 Å². The third kappa shape index (κ3) is 3.62. The van der Waals surface area contributed by atoms with Crippen molar-refractivity contribution in [1.29, 1.82) is 0 Å². The lowest BCUT2D eigenvalue weighted by molar-refractivity contribution is 0.0694. The molecule has 7 nitrogen and oxygen atoms in total. The SMILES string of the molecule is O=C(O)c1c(O)c(Nc2ccccc2)cc(O)c1N=Nc1ccccc1. The number of nitrogens with zero attached hydrogens (tertiary/aromatic N) is 2. The summed E-state index contributed by atoms with van der Waals surface area (Å²) >= 11 is 0. The molecule has 3 rings (SSSR count). The largest absolute Gasteiger partial charge is 0.506 e. The smallest absolute Gasteiger partial charge is 0.342 e. The lowest BCUT2D eigenvalue weighted by Crippen LogP contribution is -2.01. The molecule has 0 aliphatic heterocycles. The maximum Gasteiger partial charge on any atom is 0.342 e. The molecular formula is C19H15N3O4. The van der Waals surface area contributed by atoms with Crippen LogP contribution in [-0.4, -0.2) is 21.3 Å². The Morgan fingerprint density at radius 1 is 0.885 bits per heavy atom. The van der Waals surface area contributed by atoms with Crippen molar-refractivity contribution >= 4 is 28.7 Å². The zero-order valence-electron chi connectivity index (χ0n) is 13.5. The van der Waals surface area contributed by atoms with Crippen LogP contribution >= 0.6 is 0 Å². The van der Waals surface area contributed by atoms with Crippen molar-refractivity contribution in [1.82, 2.24) is 0 Å². The van der Waals surface area contributed by atoms with Gasteiger partial charge in [0.25, 0.3) is 0 Å². The van der Waals surface area contributed by atoms with Gasteiger partial charge in [-0.25, -0.2) is 4.79 Å². The Kier molecular flexibility index (Phi) is 4.80. The van der Waals surface area contributed by atoms with Crippen LogP contribution in [0.25, 0.3) is 0 Å². The Morgan fingerprint density at radius 3 is 2.12 bits per heavy atom. The highest BCUT2D eigenvalue weighted by molar-refractivity contribution is 6.01. The predicted molar refractivity (Wildman–Crippen MR) is 97.1 cm³/mol. The van der Waals surface area contributed by atoms with Crippen molar-refractivity contribution in [2.24, 2.45) is 10.2 Å². The third-order valence-electron chi connectivity index (χ3n) is 3.54. The van der Waals surface area contributed by atoms with Gasteiger partial charge in [0.2, 0.25) is 0 Å². The lowest BCUT2D eigenvalue weighted by atomic mass is 10.1. The van der Waals surface area contributed by atoms with E-state index in [0.29, 0.717) is 11.4 Å². The van der Waals surface area contributed by atoms with Crippen molar-refractivity contribution in [3.8, 4) is 11.5 Å². The van der Waals surface area contributed by atoms with Gasteiger partial charge in [0.15, 0.2) is 5.75 Å². The number of carbonyl (C=O) groups is 1. The Labute approximate surface area is 148 Å². The number of nitrogens with one attached hydrogen (secondary N) is 1. The van der Waals surface area contributed by atoms with Gasteiger partial charge in [-0.05, 0) is 24.3 Å². The lowest BCUT2D eigenvalue weighted by Gasteiger charge is -2.13. The Balaban J connectivity index is 2.04. The van der Waals surface area contributed by atoms with E-state index in [1.807, 2.05) is 6.07 Å². The van der Waals surface area contributed by atoms with Gasteiger partial charge in [0.1, 0.15) is 17.0 Å². The van der Waals surface area contributed by atoms with Gasteiger partial charge < -0.3 is 20.6 Å². The van der Waals surface area contributed by atoms with Crippen molar-refractivity contribution in [2.45, 2.75) is 0 Å². The summed E-state index contributed by atoms with van der Waals surface area (Å²) in [6.07, 6.45) is 0. The molecule has 0 aromatic heterocycles. The highest BCUT2D eigenvalue weighted by Gasteiger charge is 2.23. The first kappa shape index (κ1) is 17.0. The quantitative estimate of drug-likeness (QED) is 0.295. The molecule has 0 saturated heterocycles. The van der Waals surface area contributed by atoms with Crippen LogP contribution < -0.4 is 5.32 Å². The molecule has 0 atom stereocenters. The molecular weight excluding hydrogens is 334 g/mol. The molecule has 3 aromatic carbocycles. The summed E-state index contributed by atoms with van der Waals surface area (Å²) in [5.41, 5.74) is 0.289. The summed E-state index contributed by atoms with van der Waals surface area (Å²) in [4.78, 5) is 11.6. The normalized spacial score (nSPS) is 10.8. The van der Waals surface area contributed by atoms with Crippen molar-refractivity contribution in [2.75, 3.05) is 5.32 Å². The van der Waals surface area contributed by atoms with Crippen LogP contribution in [0.5, 0.6) is 11.5 Å². The first-order valence-electron chi connectivity index (χ1n) is 7.67. The molecule has 0 radical (unpaired) electrons. The molecule has 26 heavy (non-hydrogen) atoms. The van der Waals surface area contributed by atoms with Crippen molar-refractivity contribution < 1.29 is 20.1 Å². The average Bonchev–Trinajstić information content (AvgIpc) is 2.64. The van der Waals surface area contributed by atoms with Crippen LogP contribution in [0, 0.1) is 0 Å². The van der Waals surface area contributed by atoms with Gasteiger partial charge in [0.05, 0.1) is 11.4 Å². The number of aromatic carboxylic acids is 1. The fourth-order valence-corrected chi connectivity index (χ4v) is 2.33. The monoisotopic (exact) mass is 349 g/mol. The van der Waals surface area contributed by atoms with Crippen molar-refractivity contribution in [3.63, 3.8) is 0 Å². The van der Waals surface area contributed by atoms with E-state index in [1.165, 1.54) is 6.07 Å². The van der Waals surface area contributed by atoms with Crippen LogP contribution in [0.15, 0.2) is 77.0 Å². The summed E-state index contributed by atoms with van der Waals surface area (Å²) in [6, 6.07) is 18.7. The number of rotatable bonds is 5. The van der Waals surface area contributed by atoms with Gasteiger partial charge in [-0.3, -0.25) is 0 Å². The summed E-state index contributed by atoms with van der Waals surface area (Å²) in [7, 11) is 0. The molecule has 0 aliphatic rings. The first-order chi connectivity index (χ1) is 12.6. The van der Waals surface area contributed by atoms with Gasteiger partial charge >= 0.3 is 5.97 Å². The molecule has 3 aromatic rings. The van der Waals surface area contributed by atoms with Gasteiger partial charge in [-0.1, -0.05) is 36.4 Å². The average molecular weight is 349 g/mol. The van der Waals surface area contributed by atoms with E-state index >= 15 is 0 Å². The molecule has 0 fully saturated rings. The van der Waals surface area contributed by atoms with Crippen LogP contribution in [0.3, 0.4) is 0 Å². The van der Waals surface area contributed by atoms with E-state index in [0.717, 1.165) is 0 Å². The highest BCUT2D eigenvalue weighted by atomic mass is 16.4. The van der Waals surface area contributed by atoms with Gasteiger partial charge in [-0.15, -0.1) is 5.11 Å². The molecule has 0 bridgehead atoms. The number of phenolic OH excluding ortho intramolecular Hbond substituents is 1. The molecule has 7 heteroatoms. The summed E-state index contributed by atoms with van der Waals surface area (Å²) in [5.74, 6) is -2.39. The second-order valence-electron chi connectivity index (χ2n) is 5.35. The Morgan fingerprint density at radius 2 is 1.50 bits per heavy atom. The van der Waals surface area contributed by atoms with Gasteiger partial charge in [-0.2, -0.15) is 5.11 Å². The van der Waals surface area contributed by atoms with E-state index < -0.39 is 23.0 Å². The molecule has 0 unspecified atom stereocenters. The molecule has 0 heterocycles. The maximum absolute atomic E-state index is 11.6. The number of para-hydroxylation sites is 1. The number of aromatic hydroxyl groups is 2. The minimum absolute atomic E-state index is 0.0461. The molecule has 0 aliphatic carbocycles. The second kappa shape index (κ2) is 7.35.